The van der Waals surface area contributed by atoms with Crippen molar-refractivity contribution in [3.05, 3.63) is 29.8 Å². The van der Waals surface area contributed by atoms with Crippen molar-refractivity contribution in [2.45, 2.75) is 58.1 Å². The van der Waals surface area contributed by atoms with Crippen molar-refractivity contribution in [3.8, 4) is 5.75 Å². The number of hydrogen-bond donors (Lipinski definition) is 1. The van der Waals surface area contributed by atoms with Crippen molar-refractivity contribution in [2.75, 3.05) is 26.8 Å². The Balaban J connectivity index is 1.84. The lowest BCUT2D eigenvalue weighted by atomic mass is 10.0. The number of para-hydroxylation sites is 1. The van der Waals surface area contributed by atoms with E-state index in [1.807, 2.05) is 29.2 Å². The van der Waals surface area contributed by atoms with Crippen molar-refractivity contribution in [1.29, 1.82) is 0 Å². The molecule has 1 aliphatic rings. The monoisotopic (exact) mass is 376 g/mol. The molecule has 1 heterocycles. The lowest BCUT2D eigenvalue weighted by molar-refractivity contribution is -0.139. The Morgan fingerprint density at radius 2 is 1.85 bits per heavy atom. The van der Waals surface area contributed by atoms with Crippen LogP contribution in [0, 0.1) is 0 Å². The summed E-state index contributed by atoms with van der Waals surface area (Å²) in [7, 11) is 1.58. The molecule has 27 heavy (non-hydrogen) atoms. The van der Waals surface area contributed by atoms with Crippen molar-refractivity contribution >= 4 is 11.8 Å². The number of ether oxygens (including phenoxy) is 2. The van der Waals surface area contributed by atoms with Crippen molar-refractivity contribution in [3.63, 3.8) is 0 Å². The van der Waals surface area contributed by atoms with Crippen LogP contribution in [0.1, 0.15) is 51.5 Å². The van der Waals surface area contributed by atoms with Crippen LogP contribution in [0.25, 0.3) is 0 Å². The molecule has 2 amide bonds. The molecule has 1 unspecified atom stereocenters. The number of nitrogens with one attached hydrogen (secondary N) is 1. The molecule has 0 saturated carbocycles. The van der Waals surface area contributed by atoms with Crippen LogP contribution in [0.15, 0.2) is 24.3 Å². The molecule has 6 nitrogen and oxygen atoms in total. The van der Waals surface area contributed by atoms with Gasteiger partial charge in [0.2, 0.25) is 5.91 Å². The largest absolute Gasteiger partial charge is 0.481 e. The van der Waals surface area contributed by atoms with Gasteiger partial charge in [0.1, 0.15) is 5.75 Å². The lowest BCUT2D eigenvalue weighted by Crippen LogP contribution is -2.49. The molecule has 1 aromatic carbocycles. The fraction of sp³-hybridized carbons (Fsp3) is 0.619. The normalized spacial score (nSPS) is 16.3. The lowest BCUT2D eigenvalue weighted by Gasteiger charge is -2.34. The summed E-state index contributed by atoms with van der Waals surface area (Å²) in [6.07, 6.45) is 1.37. The van der Waals surface area contributed by atoms with E-state index < -0.39 is 6.10 Å². The Bertz CT molecular complexity index is 624. The second kappa shape index (κ2) is 10.3. The van der Waals surface area contributed by atoms with Crippen molar-refractivity contribution < 1.29 is 19.1 Å². The molecule has 1 fully saturated rings. The molecule has 1 aromatic rings. The second-order valence-corrected chi connectivity index (χ2v) is 7.36. The number of amides is 2. The topological polar surface area (TPSA) is 67.9 Å². The first kappa shape index (κ1) is 21.2. The van der Waals surface area contributed by atoms with Crippen LogP contribution in [-0.4, -0.2) is 55.7 Å². The van der Waals surface area contributed by atoms with Gasteiger partial charge in [0, 0.05) is 32.7 Å². The number of carbonyl (C=O) groups excluding carboxylic acids is 2. The SMILES string of the molecule is COCCC(=O)NC1CCN(C(=O)C(C)Oc2ccccc2C(C)C)CC1. The highest BCUT2D eigenvalue weighted by atomic mass is 16.5. The van der Waals surface area contributed by atoms with Gasteiger partial charge >= 0.3 is 0 Å². The third-order valence-corrected chi connectivity index (χ3v) is 4.90. The molecule has 1 aliphatic heterocycles. The van der Waals surface area contributed by atoms with Gasteiger partial charge in [-0.05, 0) is 37.3 Å². The Labute approximate surface area is 162 Å². The summed E-state index contributed by atoms with van der Waals surface area (Å²) in [5.74, 6) is 1.11. The third kappa shape index (κ3) is 6.24. The maximum Gasteiger partial charge on any atom is 0.263 e. The summed E-state index contributed by atoms with van der Waals surface area (Å²) in [4.78, 5) is 26.4. The van der Waals surface area contributed by atoms with Crippen LogP contribution in [-0.2, 0) is 14.3 Å². The standard InChI is InChI=1S/C21H32N2O4/c1-15(2)18-7-5-6-8-19(18)27-16(3)21(25)23-12-9-17(10-13-23)22-20(24)11-14-26-4/h5-8,15-17H,9-14H2,1-4H3,(H,22,24). The Morgan fingerprint density at radius 3 is 2.48 bits per heavy atom. The molecule has 6 heteroatoms. The number of likely N-dealkylation sites (tertiary alicyclic amines) is 1. The molecule has 0 aromatic heterocycles. The smallest absolute Gasteiger partial charge is 0.263 e. The average Bonchev–Trinajstić information content (AvgIpc) is 2.66. The first-order valence-electron chi connectivity index (χ1n) is 9.75. The minimum Gasteiger partial charge on any atom is -0.481 e. The third-order valence-electron chi connectivity index (χ3n) is 4.90. The molecule has 150 valence electrons. The van der Waals surface area contributed by atoms with E-state index >= 15 is 0 Å². The summed E-state index contributed by atoms with van der Waals surface area (Å²) in [5, 5.41) is 3.01. The van der Waals surface area contributed by atoms with Gasteiger partial charge in [-0.3, -0.25) is 9.59 Å². The van der Waals surface area contributed by atoms with Crippen LogP contribution < -0.4 is 10.1 Å². The van der Waals surface area contributed by atoms with Gasteiger partial charge in [-0.2, -0.15) is 0 Å². The van der Waals surface area contributed by atoms with E-state index in [4.69, 9.17) is 9.47 Å². The molecule has 0 spiro atoms. The minimum atomic E-state index is -0.530. The number of hydrogen-bond acceptors (Lipinski definition) is 4. The van der Waals surface area contributed by atoms with Crippen molar-refractivity contribution in [2.24, 2.45) is 0 Å². The summed E-state index contributed by atoms with van der Waals surface area (Å²) in [6.45, 7) is 7.72. The quantitative estimate of drug-likeness (QED) is 0.757. The van der Waals surface area contributed by atoms with Crippen molar-refractivity contribution in [1.82, 2.24) is 10.2 Å². The number of benzene rings is 1. The number of nitrogens with zero attached hydrogens (tertiary/aromatic N) is 1. The molecule has 1 saturated heterocycles. The summed E-state index contributed by atoms with van der Waals surface area (Å²) < 4.78 is 10.9. The number of rotatable bonds is 8. The van der Waals surface area contributed by atoms with E-state index in [-0.39, 0.29) is 17.9 Å². The van der Waals surface area contributed by atoms with E-state index in [1.165, 1.54) is 0 Å². The maximum atomic E-state index is 12.8. The first-order valence-corrected chi connectivity index (χ1v) is 9.75. The highest BCUT2D eigenvalue weighted by molar-refractivity contribution is 5.81. The van der Waals surface area contributed by atoms with Crippen LogP contribution >= 0.6 is 0 Å². The summed E-state index contributed by atoms with van der Waals surface area (Å²) in [5.41, 5.74) is 1.11. The number of piperidine rings is 1. The number of methoxy groups -OCH3 is 1. The fourth-order valence-corrected chi connectivity index (χ4v) is 3.30. The summed E-state index contributed by atoms with van der Waals surface area (Å²) >= 11 is 0. The van der Waals surface area contributed by atoms with E-state index in [2.05, 4.69) is 19.2 Å². The van der Waals surface area contributed by atoms with Gasteiger partial charge in [0.25, 0.3) is 5.91 Å². The van der Waals surface area contributed by atoms with E-state index in [9.17, 15) is 9.59 Å². The first-order chi connectivity index (χ1) is 12.9. The average molecular weight is 376 g/mol. The van der Waals surface area contributed by atoms with Crippen LogP contribution in [0.5, 0.6) is 5.75 Å². The highest BCUT2D eigenvalue weighted by Crippen LogP contribution is 2.27. The van der Waals surface area contributed by atoms with Gasteiger partial charge in [0.05, 0.1) is 6.61 Å². The Hall–Kier alpha value is -2.08. The maximum absolute atomic E-state index is 12.8. The predicted molar refractivity (Wildman–Crippen MR) is 105 cm³/mol. The minimum absolute atomic E-state index is 0.00211. The van der Waals surface area contributed by atoms with Gasteiger partial charge in [0.15, 0.2) is 6.10 Å². The fourth-order valence-electron chi connectivity index (χ4n) is 3.30. The van der Waals surface area contributed by atoms with Gasteiger partial charge in [-0.1, -0.05) is 32.0 Å². The molecular formula is C21H32N2O4. The van der Waals surface area contributed by atoms with Crippen LogP contribution in [0.2, 0.25) is 0 Å². The zero-order chi connectivity index (χ0) is 19.8. The summed E-state index contributed by atoms with van der Waals surface area (Å²) in [6, 6.07) is 7.99. The second-order valence-electron chi connectivity index (χ2n) is 7.36. The zero-order valence-electron chi connectivity index (χ0n) is 16.9. The van der Waals surface area contributed by atoms with Gasteiger partial charge in [-0.15, -0.1) is 0 Å². The molecule has 1 N–H and O–H groups in total. The van der Waals surface area contributed by atoms with Crippen LogP contribution in [0.3, 0.4) is 0 Å². The Kier molecular flexibility index (Phi) is 8.10. The molecule has 0 aliphatic carbocycles. The van der Waals surface area contributed by atoms with E-state index in [0.717, 1.165) is 24.2 Å². The van der Waals surface area contributed by atoms with Gasteiger partial charge < -0.3 is 19.7 Å². The predicted octanol–water partition coefficient (Wildman–Crippen LogP) is 2.72. The molecular weight excluding hydrogens is 344 g/mol. The van der Waals surface area contributed by atoms with E-state index in [0.29, 0.717) is 32.0 Å². The number of carbonyl (C=O) groups is 2. The van der Waals surface area contributed by atoms with Crippen LogP contribution in [0.4, 0.5) is 0 Å². The molecule has 0 radical (unpaired) electrons. The zero-order valence-corrected chi connectivity index (χ0v) is 16.9. The van der Waals surface area contributed by atoms with Gasteiger partial charge in [-0.25, -0.2) is 0 Å². The molecule has 2 rings (SSSR count). The van der Waals surface area contributed by atoms with E-state index in [1.54, 1.807) is 14.0 Å². The molecule has 0 bridgehead atoms. The Morgan fingerprint density at radius 1 is 1.19 bits per heavy atom. The molecule has 1 atom stereocenters. The highest BCUT2D eigenvalue weighted by Gasteiger charge is 2.28.